The van der Waals surface area contributed by atoms with Crippen molar-refractivity contribution in [1.29, 1.82) is 0 Å². The van der Waals surface area contributed by atoms with Gasteiger partial charge < -0.3 is 10.2 Å². The summed E-state index contributed by atoms with van der Waals surface area (Å²) < 4.78 is 0. The van der Waals surface area contributed by atoms with Gasteiger partial charge in [-0.15, -0.1) is 0 Å². The van der Waals surface area contributed by atoms with E-state index in [1.807, 2.05) is 4.90 Å². The molecule has 8 heteroatoms. The molecule has 2 aliphatic heterocycles. The Morgan fingerprint density at radius 2 is 1.71 bits per heavy atom. The molecule has 1 saturated heterocycles. The zero-order valence-corrected chi connectivity index (χ0v) is 18.4. The standard InChI is InChI=1S/C23H21Cl2N3O3/c1-14-6-4-5-13-27(14)21(29)15-9-11-16(12-10-15)26-20-19(25)22(30)28(23(20)31)18-8-3-2-7-17(18)24/h2-3,7-12,14,26H,4-6,13H2,1H3. The molecule has 1 N–H and O–H groups in total. The number of halogens is 2. The Kier molecular flexibility index (Phi) is 6.03. The molecule has 2 aliphatic rings. The third-order valence-electron chi connectivity index (χ3n) is 5.59. The van der Waals surface area contributed by atoms with Crippen LogP contribution in [-0.4, -0.2) is 35.2 Å². The first-order valence-corrected chi connectivity index (χ1v) is 10.8. The molecule has 31 heavy (non-hydrogen) atoms. The van der Waals surface area contributed by atoms with Gasteiger partial charge in [0.1, 0.15) is 10.7 Å². The lowest BCUT2D eigenvalue weighted by molar-refractivity contribution is -0.120. The zero-order chi connectivity index (χ0) is 22.1. The first-order valence-electron chi connectivity index (χ1n) is 10.1. The molecule has 0 saturated carbocycles. The molecule has 0 spiro atoms. The van der Waals surface area contributed by atoms with Crippen molar-refractivity contribution >= 4 is 52.3 Å². The second-order valence-corrected chi connectivity index (χ2v) is 8.42. The maximum atomic E-state index is 12.9. The fraction of sp³-hybridized carbons (Fsp3) is 0.261. The molecule has 1 fully saturated rings. The highest BCUT2D eigenvalue weighted by molar-refractivity contribution is 6.53. The van der Waals surface area contributed by atoms with E-state index in [-0.39, 0.29) is 33.4 Å². The van der Waals surface area contributed by atoms with Crippen LogP contribution in [0.1, 0.15) is 36.5 Å². The largest absolute Gasteiger partial charge is 0.350 e. The summed E-state index contributed by atoms with van der Waals surface area (Å²) >= 11 is 12.3. The number of benzene rings is 2. The van der Waals surface area contributed by atoms with Crippen molar-refractivity contribution in [3.05, 3.63) is 69.8 Å². The second-order valence-electron chi connectivity index (χ2n) is 7.63. The molecule has 6 nitrogen and oxygen atoms in total. The topological polar surface area (TPSA) is 69.7 Å². The van der Waals surface area contributed by atoms with Crippen molar-refractivity contribution in [1.82, 2.24) is 4.90 Å². The number of likely N-dealkylation sites (tertiary alicyclic amines) is 1. The van der Waals surface area contributed by atoms with Crippen LogP contribution in [0.4, 0.5) is 11.4 Å². The highest BCUT2D eigenvalue weighted by Gasteiger charge is 2.39. The zero-order valence-electron chi connectivity index (χ0n) is 16.9. The number of rotatable bonds is 4. The van der Waals surface area contributed by atoms with Crippen LogP contribution in [0.25, 0.3) is 0 Å². The molecule has 0 radical (unpaired) electrons. The smallest absolute Gasteiger partial charge is 0.283 e. The van der Waals surface area contributed by atoms with Crippen molar-refractivity contribution in [3.63, 3.8) is 0 Å². The summed E-state index contributed by atoms with van der Waals surface area (Å²) in [5.74, 6) is -1.24. The Morgan fingerprint density at radius 3 is 2.39 bits per heavy atom. The first kappa shape index (κ1) is 21.4. The molecule has 160 valence electrons. The fourth-order valence-electron chi connectivity index (χ4n) is 3.87. The van der Waals surface area contributed by atoms with Crippen LogP contribution in [0.2, 0.25) is 5.02 Å². The van der Waals surface area contributed by atoms with Crippen LogP contribution in [0.3, 0.4) is 0 Å². The molecule has 2 aromatic carbocycles. The highest BCUT2D eigenvalue weighted by Crippen LogP contribution is 2.34. The molecular formula is C23H21Cl2N3O3. The van der Waals surface area contributed by atoms with Gasteiger partial charge in [0.15, 0.2) is 0 Å². The molecule has 0 aliphatic carbocycles. The van der Waals surface area contributed by atoms with Gasteiger partial charge in [-0.05, 0) is 62.6 Å². The quantitative estimate of drug-likeness (QED) is 0.669. The number of carbonyl (C=O) groups excluding carboxylic acids is 3. The van der Waals surface area contributed by atoms with E-state index in [2.05, 4.69) is 12.2 Å². The number of carbonyl (C=O) groups is 3. The minimum absolute atomic E-state index is 0.00647. The van der Waals surface area contributed by atoms with Gasteiger partial charge in [0, 0.05) is 23.8 Å². The Hall–Kier alpha value is -2.83. The Balaban J connectivity index is 1.51. The Bertz CT molecular complexity index is 1080. The van der Waals surface area contributed by atoms with Crippen molar-refractivity contribution in [3.8, 4) is 0 Å². The van der Waals surface area contributed by atoms with Crippen molar-refractivity contribution in [2.45, 2.75) is 32.2 Å². The average Bonchev–Trinajstić information content (AvgIpc) is 2.98. The van der Waals surface area contributed by atoms with Crippen molar-refractivity contribution in [2.24, 2.45) is 0 Å². The number of anilines is 2. The van der Waals surface area contributed by atoms with E-state index in [1.165, 1.54) is 0 Å². The average molecular weight is 458 g/mol. The molecule has 0 aromatic heterocycles. The molecule has 2 heterocycles. The van der Waals surface area contributed by atoms with E-state index in [0.717, 1.165) is 30.7 Å². The van der Waals surface area contributed by atoms with Crippen LogP contribution in [0.15, 0.2) is 59.3 Å². The number of piperidine rings is 1. The molecule has 1 unspecified atom stereocenters. The van der Waals surface area contributed by atoms with Crippen LogP contribution < -0.4 is 10.2 Å². The summed E-state index contributed by atoms with van der Waals surface area (Å²) in [7, 11) is 0. The van der Waals surface area contributed by atoms with E-state index in [4.69, 9.17) is 23.2 Å². The van der Waals surface area contributed by atoms with E-state index in [0.29, 0.717) is 11.3 Å². The van der Waals surface area contributed by atoms with E-state index < -0.39 is 11.8 Å². The number of amides is 3. The Morgan fingerprint density at radius 1 is 1.00 bits per heavy atom. The summed E-state index contributed by atoms with van der Waals surface area (Å²) in [6.07, 6.45) is 3.16. The maximum Gasteiger partial charge on any atom is 0.283 e. The number of hydrogen-bond donors (Lipinski definition) is 1. The van der Waals surface area contributed by atoms with Crippen LogP contribution in [0.5, 0.6) is 0 Å². The van der Waals surface area contributed by atoms with Crippen LogP contribution in [-0.2, 0) is 9.59 Å². The minimum Gasteiger partial charge on any atom is -0.350 e. The van der Waals surface area contributed by atoms with Crippen LogP contribution >= 0.6 is 23.2 Å². The maximum absolute atomic E-state index is 12.9. The monoisotopic (exact) mass is 457 g/mol. The van der Waals surface area contributed by atoms with E-state index in [9.17, 15) is 14.4 Å². The molecule has 3 amide bonds. The predicted molar refractivity (Wildman–Crippen MR) is 121 cm³/mol. The second kappa shape index (κ2) is 8.73. The van der Waals surface area contributed by atoms with Gasteiger partial charge in [0.2, 0.25) is 0 Å². The third kappa shape index (κ3) is 4.05. The van der Waals surface area contributed by atoms with Crippen molar-refractivity contribution in [2.75, 3.05) is 16.8 Å². The number of hydrogen-bond acceptors (Lipinski definition) is 4. The third-order valence-corrected chi connectivity index (χ3v) is 6.26. The molecular weight excluding hydrogens is 437 g/mol. The molecule has 0 bridgehead atoms. The number of para-hydroxylation sites is 1. The summed E-state index contributed by atoms with van der Waals surface area (Å²) in [5.41, 5.74) is 1.35. The lowest BCUT2D eigenvalue weighted by Gasteiger charge is -2.33. The number of nitrogens with zero attached hydrogens (tertiary/aromatic N) is 2. The predicted octanol–water partition coefficient (Wildman–Crippen LogP) is 4.79. The normalized spacial score (nSPS) is 19.3. The Labute approximate surface area is 190 Å². The highest BCUT2D eigenvalue weighted by atomic mass is 35.5. The number of imide groups is 1. The van der Waals surface area contributed by atoms with Gasteiger partial charge in [0.05, 0.1) is 10.7 Å². The van der Waals surface area contributed by atoms with E-state index in [1.54, 1.807) is 48.5 Å². The van der Waals surface area contributed by atoms with Gasteiger partial charge in [-0.3, -0.25) is 14.4 Å². The fourth-order valence-corrected chi connectivity index (χ4v) is 4.30. The van der Waals surface area contributed by atoms with Gasteiger partial charge in [-0.1, -0.05) is 35.3 Å². The van der Waals surface area contributed by atoms with Gasteiger partial charge in [-0.25, -0.2) is 4.90 Å². The molecule has 4 rings (SSSR count). The summed E-state index contributed by atoms with van der Waals surface area (Å²) in [4.78, 5) is 41.1. The molecule has 1 atom stereocenters. The summed E-state index contributed by atoms with van der Waals surface area (Å²) in [6.45, 7) is 2.83. The minimum atomic E-state index is -0.645. The lowest BCUT2D eigenvalue weighted by atomic mass is 10.0. The van der Waals surface area contributed by atoms with Gasteiger partial charge in [-0.2, -0.15) is 0 Å². The lowest BCUT2D eigenvalue weighted by Crippen LogP contribution is -2.42. The molecule has 2 aromatic rings. The van der Waals surface area contributed by atoms with Crippen molar-refractivity contribution < 1.29 is 14.4 Å². The number of nitrogens with one attached hydrogen (secondary N) is 1. The van der Waals surface area contributed by atoms with E-state index >= 15 is 0 Å². The SMILES string of the molecule is CC1CCCCN1C(=O)c1ccc(NC2=C(Cl)C(=O)N(c3ccccc3Cl)C2=O)cc1. The summed E-state index contributed by atoms with van der Waals surface area (Å²) in [6, 6.07) is 13.6. The summed E-state index contributed by atoms with van der Waals surface area (Å²) in [5, 5.41) is 2.96. The van der Waals surface area contributed by atoms with Crippen LogP contribution in [0, 0.1) is 0 Å². The van der Waals surface area contributed by atoms with Gasteiger partial charge >= 0.3 is 0 Å². The first-order chi connectivity index (χ1) is 14.9. The van der Waals surface area contributed by atoms with Gasteiger partial charge in [0.25, 0.3) is 17.7 Å².